The summed E-state index contributed by atoms with van der Waals surface area (Å²) in [5.74, 6) is 0. The summed E-state index contributed by atoms with van der Waals surface area (Å²) in [6.45, 7) is 1.73. The lowest BCUT2D eigenvalue weighted by molar-refractivity contribution is 0.199. The Morgan fingerprint density at radius 1 is 1.06 bits per heavy atom. The monoisotopic (exact) mass is 213 g/mol. The van der Waals surface area contributed by atoms with Crippen molar-refractivity contribution in [1.29, 1.82) is 0 Å². The van der Waals surface area contributed by atoms with E-state index < -0.39 is 6.10 Å². The first-order chi connectivity index (χ1) is 7.68. The number of nitrogens with two attached hydrogens (primary N) is 1. The second kappa shape index (κ2) is 4.37. The van der Waals surface area contributed by atoms with Crippen molar-refractivity contribution in [2.24, 2.45) is 0 Å². The first-order valence-electron chi connectivity index (χ1n) is 5.31. The molecule has 2 heteroatoms. The number of nitrogen functional groups attached to an aromatic ring is 1. The molecule has 1 atom stereocenters. The summed E-state index contributed by atoms with van der Waals surface area (Å²) in [5, 5.41) is 9.45. The minimum Gasteiger partial charge on any atom is -0.398 e. The second-order valence-corrected chi connectivity index (χ2v) is 3.89. The molecule has 2 aromatic carbocycles. The van der Waals surface area contributed by atoms with Crippen LogP contribution in [-0.4, -0.2) is 5.11 Å². The fourth-order valence-electron chi connectivity index (χ4n) is 1.72. The Morgan fingerprint density at radius 3 is 2.31 bits per heavy atom. The molecule has 0 bridgehead atoms. The van der Waals surface area contributed by atoms with Crippen LogP contribution in [-0.2, 0) is 0 Å². The zero-order valence-electron chi connectivity index (χ0n) is 9.22. The highest BCUT2D eigenvalue weighted by molar-refractivity contribution is 5.76. The molecule has 0 aliphatic rings. The topological polar surface area (TPSA) is 46.2 Å². The third-order valence-corrected chi connectivity index (χ3v) is 2.64. The van der Waals surface area contributed by atoms with Gasteiger partial charge < -0.3 is 10.8 Å². The van der Waals surface area contributed by atoms with Crippen LogP contribution in [0.4, 0.5) is 5.69 Å². The first kappa shape index (κ1) is 10.7. The van der Waals surface area contributed by atoms with E-state index in [2.05, 4.69) is 0 Å². The van der Waals surface area contributed by atoms with Gasteiger partial charge in [-0.15, -0.1) is 0 Å². The molecule has 0 radical (unpaired) electrons. The highest BCUT2D eigenvalue weighted by atomic mass is 16.3. The number of aliphatic hydroxyl groups is 1. The van der Waals surface area contributed by atoms with Crippen molar-refractivity contribution in [2.45, 2.75) is 13.0 Å². The van der Waals surface area contributed by atoms with E-state index >= 15 is 0 Å². The highest BCUT2D eigenvalue weighted by Crippen LogP contribution is 2.28. The van der Waals surface area contributed by atoms with Crippen LogP contribution in [0.3, 0.4) is 0 Å². The molecule has 2 nitrogen and oxygen atoms in total. The summed E-state index contributed by atoms with van der Waals surface area (Å²) in [4.78, 5) is 0. The van der Waals surface area contributed by atoms with E-state index in [0.717, 1.165) is 16.7 Å². The largest absolute Gasteiger partial charge is 0.398 e. The maximum Gasteiger partial charge on any atom is 0.0762 e. The van der Waals surface area contributed by atoms with Gasteiger partial charge in [-0.25, -0.2) is 0 Å². The van der Waals surface area contributed by atoms with Crippen molar-refractivity contribution < 1.29 is 5.11 Å². The molecule has 2 aromatic rings. The normalized spacial score (nSPS) is 12.4. The number of hydrogen-bond donors (Lipinski definition) is 2. The third kappa shape index (κ3) is 2.07. The summed E-state index contributed by atoms with van der Waals surface area (Å²) in [6, 6.07) is 15.7. The van der Waals surface area contributed by atoms with Gasteiger partial charge in [-0.1, -0.05) is 42.5 Å². The van der Waals surface area contributed by atoms with E-state index in [4.69, 9.17) is 5.73 Å². The molecule has 0 fully saturated rings. The number of aliphatic hydroxyl groups excluding tert-OH is 1. The maximum atomic E-state index is 9.45. The summed E-state index contributed by atoms with van der Waals surface area (Å²) in [5.41, 5.74) is 9.62. The summed E-state index contributed by atoms with van der Waals surface area (Å²) in [6.07, 6.45) is -0.480. The number of rotatable bonds is 2. The molecule has 0 saturated carbocycles. The number of hydrogen-bond acceptors (Lipinski definition) is 2. The molecular formula is C14H15NO. The quantitative estimate of drug-likeness (QED) is 0.753. The average Bonchev–Trinajstić information content (AvgIpc) is 2.30. The van der Waals surface area contributed by atoms with Gasteiger partial charge in [0, 0.05) is 11.3 Å². The Bertz CT molecular complexity index is 477. The molecule has 3 N–H and O–H groups in total. The Hall–Kier alpha value is -1.80. The van der Waals surface area contributed by atoms with E-state index in [-0.39, 0.29) is 0 Å². The van der Waals surface area contributed by atoms with Crippen LogP contribution < -0.4 is 5.73 Å². The molecule has 1 unspecified atom stereocenters. The van der Waals surface area contributed by atoms with Gasteiger partial charge in [-0.05, 0) is 24.1 Å². The molecule has 0 heterocycles. The molecule has 0 saturated heterocycles. The SMILES string of the molecule is CC(O)c1ccc(-c2ccccc2)c(N)c1. The summed E-state index contributed by atoms with van der Waals surface area (Å²) >= 11 is 0. The predicted octanol–water partition coefficient (Wildman–Crippen LogP) is 2.99. The zero-order chi connectivity index (χ0) is 11.5. The van der Waals surface area contributed by atoms with E-state index in [1.54, 1.807) is 6.92 Å². The lowest BCUT2D eigenvalue weighted by Gasteiger charge is -2.10. The van der Waals surface area contributed by atoms with Crippen molar-refractivity contribution in [3.05, 3.63) is 54.1 Å². The van der Waals surface area contributed by atoms with Gasteiger partial charge in [-0.3, -0.25) is 0 Å². The van der Waals surface area contributed by atoms with Crippen LogP contribution in [0.2, 0.25) is 0 Å². The molecule has 2 rings (SSSR count). The van der Waals surface area contributed by atoms with Gasteiger partial charge in [0.15, 0.2) is 0 Å². The third-order valence-electron chi connectivity index (χ3n) is 2.64. The molecular weight excluding hydrogens is 198 g/mol. The van der Waals surface area contributed by atoms with Crippen LogP contribution >= 0.6 is 0 Å². The Labute approximate surface area is 95.4 Å². The Kier molecular flexibility index (Phi) is 2.93. The van der Waals surface area contributed by atoms with Crippen LogP contribution in [0.5, 0.6) is 0 Å². The lowest BCUT2D eigenvalue weighted by Crippen LogP contribution is -1.95. The van der Waals surface area contributed by atoms with Crippen LogP contribution in [0.25, 0.3) is 11.1 Å². The van der Waals surface area contributed by atoms with Crippen LogP contribution in [0.1, 0.15) is 18.6 Å². The molecule has 0 amide bonds. The predicted molar refractivity (Wildman–Crippen MR) is 66.9 cm³/mol. The fraction of sp³-hybridized carbons (Fsp3) is 0.143. The Morgan fingerprint density at radius 2 is 1.75 bits per heavy atom. The van der Waals surface area contributed by atoms with E-state index in [9.17, 15) is 5.11 Å². The lowest BCUT2D eigenvalue weighted by atomic mass is 10.0. The van der Waals surface area contributed by atoms with Crippen LogP contribution in [0.15, 0.2) is 48.5 Å². The van der Waals surface area contributed by atoms with E-state index in [0.29, 0.717) is 5.69 Å². The van der Waals surface area contributed by atoms with Gasteiger partial charge in [0.25, 0.3) is 0 Å². The standard InChI is InChI=1S/C14H15NO/c1-10(16)12-7-8-13(14(15)9-12)11-5-3-2-4-6-11/h2-10,16H,15H2,1H3. The molecule has 0 aliphatic heterocycles. The van der Waals surface area contributed by atoms with Crippen molar-refractivity contribution in [3.63, 3.8) is 0 Å². The minimum atomic E-state index is -0.480. The average molecular weight is 213 g/mol. The maximum absolute atomic E-state index is 9.45. The van der Waals surface area contributed by atoms with Crippen molar-refractivity contribution in [2.75, 3.05) is 5.73 Å². The minimum absolute atomic E-state index is 0.480. The number of benzene rings is 2. The molecule has 0 aliphatic carbocycles. The van der Waals surface area contributed by atoms with Gasteiger partial charge in [0.2, 0.25) is 0 Å². The molecule has 16 heavy (non-hydrogen) atoms. The molecule has 82 valence electrons. The van der Waals surface area contributed by atoms with Gasteiger partial charge in [0.05, 0.1) is 6.10 Å². The fourth-order valence-corrected chi connectivity index (χ4v) is 1.72. The van der Waals surface area contributed by atoms with E-state index in [1.165, 1.54) is 0 Å². The van der Waals surface area contributed by atoms with Gasteiger partial charge in [-0.2, -0.15) is 0 Å². The van der Waals surface area contributed by atoms with Gasteiger partial charge >= 0.3 is 0 Å². The first-order valence-corrected chi connectivity index (χ1v) is 5.31. The summed E-state index contributed by atoms with van der Waals surface area (Å²) < 4.78 is 0. The number of anilines is 1. The van der Waals surface area contributed by atoms with Gasteiger partial charge in [0.1, 0.15) is 0 Å². The molecule has 0 aromatic heterocycles. The Balaban J connectivity index is 2.45. The van der Waals surface area contributed by atoms with Crippen molar-refractivity contribution >= 4 is 5.69 Å². The van der Waals surface area contributed by atoms with Crippen LogP contribution in [0, 0.1) is 0 Å². The zero-order valence-corrected chi connectivity index (χ0v) is 9.22. The van der Waals surface area contributed by atoms with Crippen molar-refractivity contribution in [3.8, 4) is 11.1 Å². The van der Waals surface area contributed by atoms with Crippen molar-refractivity contribution in [1.82, 2.24) is 0 Å². The molecule has 0 spiro atoms. The van der Waals surface area contributed by atoms with E-state index in [1.807, 2.05) is 48.5 Å². The highest BCUT2D eigenvalue weighted by Gasteiger charge is 2.05. The smallest absolute Gasteiger partial charge is 0.0762 e. The summed E-state index contributed by atoms with van der Waals surface area (Å²) in [7, 11) is 0. The second-order valence-electron chi connectivity index (χ2n) is 3.89.